The number of hydrogen-bond donors (Lipinski definition) is 1. The smallest absolute Gasteiger partial charge is 0.387 e. The van der Waals surface area contributed by atoms with Crippen LogP contribution in [0.2, 0.25) is 0 Å². The standard InChI is InChI=1S/C23H24F3N7O2S/c1-14-11-20(23(24,25)26)29-32(14)33(22(27)34)31-9-7-16(8-10-31)21-28-18(13-36-21)17-12-19(35-30-17)15-5-3-2-4-6-15/h2-6,11,13,16,19H,7-10,12H2,1H3,(H2,27,34). The van der Waals surface area contributed by atoms with Crippen molar-refractivity contribution < 1.29 is 22.8 Å². The van der Waals surface area contributed by atoms with Crippen molar-refractivity contribution in [3.8, 4) is 0 Å². The number of nitrogens with zero attached hydrogens (tertiary/aromatic N) is 6. The number of alkyl halides is 3. The zero-order chi connectivity index (χ0) is 25.4. The second-order valence-corrected chi connectivity index (χ2v) is 9.62. The molecule has 5 rings (SSSR count). The molecule has 1 atom stereocenters. The molecule has 4 heterocycles. The molecule has 1 unspecified atom stereocenters. The number of halogens is 3. The second-order valence-electron chi connectivity index (χ2n) is 8.73. The molecule has 36 heavy (non-hydrogen) atoms. The molecule has 3 aromatic rings. The predicted molar refractivity (Wildman–Crippen MR) is 127 cm³/mol. The minimum absolute atomic E-state index is 0.127. The van der Waals surface area contributed by atoms with Crippen LogP contribution in [0.5, 0.6) is 0 Å². The quantitative estimate of drug-likeness (QED) is 0.540. The molecule has 0 bridgehead atoms. The minimum Gasteiger partial charge on any atom is -0.387 e. The van der Waals surface area contributed by atoms with Crippen LogP contribution in [-0.2, 0) is 11.0 Å². The summed E-state index contributed by atoms with van der Waals surface area (Å²) >= 11 is 1.55. The van der Waals surface area contributed by atoms with Gasteiger partial charge in [-0.2, -0.15) is 23.0 Å². The molecule has 0 radical (unpaired) electrons. The van der Waals surface area contributed by atoms with E-state index in [2.05, 4.69) is 10.3 Å². The number of carbonyl (C=O) groups excluding carboxylic acids is 1. The number of nitrogens with two attached hydrogens (primary N) is 1. The van der Waals surface area contributed by atoms with Gasteiger partial charge in [0.25, 0.3) is 0 Å². The lowest BCUT2D eigenvalue weighted by Crippen LogP contribution is -2.58. The Balaban J connectivity index is 1.23. The molecule has 2 aromatic heterocycles. The fourth-order valence-corrected chi connectivity index (χ4v) is 5.43. The van der Waals surface area contributed by atoms with Gasteiger partial charge < -0.3 is 10.6 Å². The molecule has 1 fully saturated rings. The number of hydrazine groups is 1. The van der Waals surface area contributed by atoms with E-state index in [1.165, 1.54) is 6.92 Å². The third kappa shape index (κ3) is 4.80. The van der Waals surface area contributed by atoms with Crippen molar-refractivity contribution in [3.05, 3.63) is 69.4 Å². The van der Waals surface area contributed by atoms with E-state index in [9.17, 15) is 18.0 Å². The van der Waals surface area contributed by atoms with Crippen LogP contribution in [0, 0.1) is 6.92 Å². The molecule has 13 heteroatoms. The van der Waals surface area contributed by atoms with Gasteiger partial charge in [0.2, 0.25) is 0 Å². The first-order valence-corrected chi connectivity index (χ1v) is 12.3. The van der Waals surface area contributed by atoms with Crippen molar-refractivity contribution in [2.24, 2.45) is 10.9 Å². The maximum absolute atomic E-state index is 13.1. The maximum atomic E-state index is 13.1. The van der Waals surface area contributed by atoms with E-state index >= 15 is 0 Å². The molecular weight excluding hydrogens is 495 g/mol. The van der Waals surface area contributed by atoms with Gasteiger partial charge in [0.1, 0.15) is 5.71 Å². The van der Waals surface area contributed by atoms with E-state index in [0.29, 0.717) is 32.4 Å². The fourth-order valence-electron chi connectivity index (χ4n) is 4.43. The van der Waals surface area contributed by atoms with Crippen molar-refractivity contribution >= 4 is 23.1 Å². The highest BCUT2D eigenvalue weighted by Gasteiger charge is 2.37. The van der Waals surface area contributed by atoms with Crippen molar-refractivity contribution in [3.63, 3.8) is 0 Å². The van der Waals surface area contributed by atoms with Gasteiger partial charge >= 0.3 is 12.2 Å². The number of benzene rings is 1. The predicted octanol–water partition coefficient (Wildman–Crippen LogP) is 4.34. The number of hydrogen-bond acceptors (Lipinski definition) is 7. The first kappa shape index (κ1) is 24.3. The van der Waals surface area contributed by atoms with Gasteiger partial charge in [-0.05, 0) is 31.4 Å². The van der Waals surface area contributed by atoms with Gasteiger partial charge in [0, 0.05) is 30.8 Å². The van der Waals surface area contributed by atoms with Gasteiger partial charge in [0.05, 0.1) is 16.4 Å². The summed E-state index contributed by atoms with van der Waals surface area (Å²) in [6.07, 6.45) is -2.80. The number of carbonyl (C=O) groups is 1. The number of amides is 2. The fraction of sp³-hybridized carbons (Fsp3) is 0.391. The third-order valence-electron chi connectivity index (χ3n) is 6.28. The van der Waals surface area contributed by atoms with Gasteiger partial charge in [-0.25, -0.2) is 9.78 Å². The van der Waals surface area contributed by atoms with Gasteiger partial charge in [-0.1, -0.05) is 35.5 Å². The normalized spacial score (nSPS) is 19.2. The number of primary amides is 1. The third-order valence-corrected chi connectivity index (χ3v) is 7.28. The molecule has 2 aliphatic rings. The summed E-state index contributed by atoms with van der Waals surface area (Å²) in [6, 6.07) is 9.88. The number of thiazole rings is 1. The summed E-state index contributed by atoms with van der Waals surface area (Å²) in [7, 11) is 0. The summed E-state index contributed by atoms with van der Waals surface area (Å²) < 4.78 is 39.3. The Morgan fingerprint density at radius 3 is 2.58 bits per heavy atom. The summed E-state index contributed by atoms with van der Waals surface area (Å²) in [5.74, 6) is 0.145. The Morgan fingerprint density at radius 2 is 1.94 bits per heavy atom. The van der Waals surface area contributed by atoms with Crippen LogP contribution in [0.3, 0.4) is 0 Å². The Labute approximate surface area is 208 Å². The number of piperidine rings is 1. The lowest BCUT2D eigenvalue weighted by molar-refractivity contribution is -0.141. The highest BCUT2D eigenvalue weighted by Crippen LogP contribution is 2.34. The van der Waals surface area contributed by atoms with E-state index in [1.807, 2.05) is 35.7 Å². The van der Waals surface area contributed by atoms with Gasteiger partial charge in [0.15, 0.2) is 11.8 Å². The summed E-state index contributed by atoms with van der Waals surface area (Å²) in [5.41, 5.74) is 7.26. The van der Waals surface area contributed by atoms with E-state index in [-0.39, 0.29) is 17.7 Å². The van der Waals surface area contributed by atoms with Gasteiger partial charge in [-0.3, -0.25) is 0 Å². The lowest BCUT2D eigenvalue weighted by Gasteiger charge is -2.37. The van der Waals surface area contributed by atoms with Crippen LogP contribution in [-0.4, -0.2) is 44.7 Å². The topological polar surface area (TPSA) is 102 Å². The minimum atomic E-state index is -4.62. The summed E-state index contributed by atoms with van der Waals surface area (Å²) in [6.45, 7) is 2.26. The number of aromatic nitrogens is 3. The zero-order valence-corrected chi connectivity index (χ0v) is 20.2. The largest absolute Gasteiger partial charge is 0.435 e. The summed E-state index contributed by atoms with van der Waals surface area (Å²) in [4.78, 5) is 23.5. The first-order valence-electron chi connectivity index (χ1n) is 11.4. The Hall–Kier alpha value is -3.45. The van der Waals surface area contributed by atoms with Crippen LogP contribution in [0.4, 0.5) is 18.0 Å². The average Bonchev–Trinajstić information content (AvgIpc) is 3.60. The molecule has 1 aromatic carbocycles. The van der Waals surface area contributed by atoms with E-state index in [4.69, 9.17) is 15.6 Å². The average molecular weight is 520 g/mol. The first-order chi connectivity index (χ1) is 17.2. The monoisotopic (exact) mass is 519 g/mol. The molecule has 0 aliphatic carbocycles. The zero-order valence-electron chi connectivity index (χ0n) is 19.4. The highest BCUT2D eigenvalue weighted by atomic mass is 32.1. The molecule has 1 saturated heterocycles. The molecule has 0 spiro atoms. The Kier molecular flexibility index (Phi) is 6.43. The van der Waals surface area contributed by atoms with Crippen LogP contribution in [0.25, 0.3) is 0 Å². The highest BCUT2D eigenvalue weighted by molar-refractivity contribution is 7.10. The van der Waals surface area contributed by atoms with Crippen LogP contribution >= 0.6 is 11.3 Å². The van der Waals surface area contributed by atoms with E-state index < -0.39 is 17.9 Å². The van der Waals surface area contributed by atoms with Crippen molar-refractivity contribution in [1.29, 1.82) is 0 Å². The maximum Gasteiger partial charge on any atom is 0.435 e. The van der Waals surface area contributed by atoms with Crippen molar-refractivity contribution in [2.75, 3.05) is 18.2 Å². The molecule has 2 N–H and O–H groups in total. The Morgan fingerprint density at radius 1 is 1.22 bits per heavy atom. The number of aryl methyl sites for hydroxylation is 1. The number of rotatable bonds is 5. The Bertz CT molecular complexity index is 1270. The second kappa shape index (κ2) is 9.54. The van der Waals surface area contributed by atoms with Crippen LogP contribution in [0.1, 0.15) is 58.9 Å². The molecule has 2 amide bonds. The van der Waals surface area contributed by atoms with E-state index in [1.54, 1.807) is 16.3 Å². The van der Waals surface area contributed by atoms with E-state index in [0.717, 1.165) is 38.0 Å². The SMILES string of the molecule is Cc1cc(C(F)(F)F)nn1N(C(N)=O)N1CCC(c2nc(C3=NOC(c4ccccc4)C3)cs2)CC1. The number of urea groups is 1. The molecule has 190 valence electrons. The summed E-state index contributed by atoms with van der Waals surface area (Å²) in [5, 5.41) is 13.3. The molecular formula is C23H24F3N7O2S. The van der Waals surface area contributed by atoms with Crippen molar-refractivity contribution in [1.82, 2.24) is 19.9 Å². The molecule has 0 saturated carbocycles. The molecule has 2 aliphatic heterocycles. The molecule has 9 nitrogen and oxygen atoms in total. The van der Waals surface area contributed by atoms with Crippen LogP contribution in [0.15, 0.2) is 46.9 Å². The lowest BCUT2D eigenvalue weighted by atomic mass is 9.98. The van der Waals surface area contributed by atoms with Crippen molar-refractivity contribution in [2.45, 2.75) is 44.4 Å². The van der Waals surface area contributed by atoms with Gasteiger partial charge in [-0.15, -0.1) is 21.6 Å². The number of oxime groups is 1. The van der Waals surface area contributed by atoms with Crippen LogP contribution < -0.4 is 10.9 Å².